The molecule has 1 aromatic heterocycles. The van der Waals surface area contributed by atoms with E-state index in [9.17, 15) is 0 Å². The zero-order valence-corrected chi connectivity index (χ0v) is 9.06. The Labute approximate surface area is 95.1 Å². The van der Waals surface area contributed by atoms with E-state index in [1.54, 1.807) is 0 Å². The highest BCUT2D eigenvalue weighted by molar-refractivity contribution is 5.59. The Balaban J connectivity index is 2.08. The van der Waals surface area contributed by atoms with Crippen LogP contribution in [-0.2, 0) is 6.42 Å². The molecule has 0 saturated heterocycles. The maximum Gasteiger partial charge on any atom is 0.0706 e. The number of aryl methyl sites for hydroxylation is 1. The fraction of sp³-hybridized carbons (Fsp3) is 0.214. The monoisotopic (exact) mass is 210 g/mol. The fourth-order valence-electron chi connectivity index (χ4n) is 2.25. The maximum absolute atomic E-state index is 6.03. The summed E-state index contributed by atoms with van der Waals surface area (Å²) in [6.07, 6.45) is 2.10. The van der Waals surface area contributed by atoms with Crippen LogP contribution < -0.4 is 5.73 Å². The van der Waals surface area contributed by atoms with Gasteiger partial charge in [0, 0.05) is 11.6 Å². The molecular formula is C14H14N2. The van der Waals surface area contributed by atoms with E-state index < -0.39 is 0 Å². The van der Waals surface area contributed by atoms with E-state index >= 15 is 0 Å². The van der Waals surface area contributed by atoms with E-state index in [0.29, 0.717) is 0 Å². The first kappa shape index (κ1) is 9.55. The minimum atomic E-state index is 0.124. The number of hydrogen-bond acceptors (Lipinski definition) is 2. The molecule has 16 heavy (non-hydrogen) atoms. The van der Waals surface area contributed by atoms with Crippen LogP contribution in [0, 0.1) is 0 Å². The van der Waals surface area contributed by atoms with E-state index in [1.807, 2.05) is 18.2 Å². The van der Waals surface area contributed by atoms with Crippen molar-refractivity contribution in [3.8, 4) is 11.3 Å². The molecular weight excluding hydrogens is 196 g/mol. The number of aromatic nitrogens is 1. The van der Waals surface area contributed by atoms with Crippen molar-refractivity contribution in [3.05, 3.63) is 53.7 Å². The molecule has 2 aromatic rings. The van der Waals surface area contributed by atoms with E-state index in [4.69, 9.17) is 5.73 Å². The molecule has 0 bridgehead atoms. The van der Waals surface area contributed by atoms with Gasteiger partial charge < -0.3 is 5.73 Å². The highest BCUT2D eigenvalue weighted by Gasteiger charge is 2.20. The van der Waals surface area contributed by atoms with E-state index in [1.165, 1.54) is 5.56 Å². The summed E-state index contributed by atoms with van der Waals surface area (Å²) in [4.78, 5) is 4.68. The summed E-state index contributed by atoms with van der Waals surface area (Å²) in [6.45, 7) is 0. The second kappa shape index (κ2) is 3.72. The van der Waals surface area contributed by atoms with Gasteiger partial charge in [-0.2, -0.15) is 0 Å². The van der Waals surface area contributed by atoms with Crippen molar-refractivity contribution in [1.29, 1.82) is 0 Å². The zero-order chi connectivity index (χ0) is 11.0. The highest BCUT2D eigenvalue weighted by atomic mass is 14.8. The Hall–Kier alpha value is -1.67. The average molecular weight is 210 g/mol. The molecule has 2 heteroatoms. The fourth-order valence-corrected chi connectivity index (χ4v) is 2.25. The van der Waals surface area contributed by atoms with Gasteiger partial charge in [0.2, 0.25) is 0 Å². The molecule has 1 aliphatic carbocycles. The van der Waals surface area contributed by atoms with Crippen molar-refractivity contribution in [3.63, 3.8) is 0 Å². The van der Waals surface area contributed by atoms with Crippen molar-refractivity contribution in [2.24, 2.45) is 5.73 Å². The largest absolute Gasteiger partial charge is 0.323 e. The lowest BCUT2D eigenvalue weighted by molar-refractivity contribution is 0.698. The number of nitrogens with zero attached hydrogens (tertiary/aromatic N) is 1. The molecule has 1 aromatic carbocycles. The SMILES string of the molecule is NC1CCc2ccc(-c3ccccc3)nc21. The van der Waals surface area contributed by atoms with Crippen molar-refractivity contribution in [2.75, 3.05) is 0 Å². The van der Waals surface area contributed by atoms with Gasteiger partial charge >= 0.3 is 0 Å². The van der Waals surface area contributed by atoms with E-state index in [2.05, 4.69) is 29.2 Å². The van der Waals surface area contributed by atoms with Gasteiger partial charge in [-0.3, -0.25) is 4.98 Å². The van der Waals surface area contributed by atoms with Crippen molar-refractivity contribution < 1.29 is 0 Å². The summed E-state index contributed by atoms with van der Waals surface area (Å²) < 4.78 is 0. The Morgan fingerprint density at radius 2 is 1.88 bits per heavy atom. The number of benzene rings is 1. The first-order valence-corrected chi connectivity index (χ1v) is 5.65. The summed E-state index contributed by atoms with van der Waals surface area (Å²) in [5, 5.41) is 0. The van der Waals surface area contributed by atoms with Gasteiger partial charge in [-0.1, -0.05) is 36.4 Å². The predicted octanol–water partition coefficient (Wildman–Crippen LogP) is 2.69. The molecule has 0 radical (unpaired) electrons. The quantitative estimate of drug-likeness (QED) is 0.786. The number of rotatable bonds is 1. The summed E-state index contributed by atoms with van der Waals surface area (Å²) in [7, 11) is 0. The molecule has 0 saturated carbocycles. The maximum atomic E-state index is 6.03. The number of fused-ring (bicyclic) bond motifs is 1. The zero-order valence-electron chi connectivity index (χ0n) is 9.06. The third-order valence-corrected chi connectivity index (χ3v) is 3.16. The van der Waals surface area contributed by atoms with Crippen molar-refractivity contribution in [1.82, 2.24) is 4.98 Å². The molecule has 2 nitrogen and oxygen atoms in total. The molecule has 2 N–H and O–H groups in total. The summed E-state index contributed by atoms with van der Waals surface area (Å²) >= 11 is 0. The van der Waals surface area contributed by atoms with Crippen LogP contribution in [-0.4, -0.2) is 4.98 Å². The Morgan fingerprint density at radius 1 is 1.06 bits per heavy atom. The number of nitrogens with two attached hydrogens (primary N) is 1. The van der Waals surface area contributed by atoms with Gasteiger partial charge in [0.05, 0.1) is 11.4 Å². The van der Waals surface area contributed by atoms with E-state index in [-0.39, 0.29) is 6.04 Å². The summed E-state index contributed by atoms with van der Waals surface area (Å²) in [6, 6.07) is 14.6. The molecule has 1 unspecified atom stereocenters. The number of hydrogen-bond donors (Lipinski definition) is 1. The lowest BCUT2D eigenvalue weighted by Gasteiger charge is -2.06. The first-order valence-electron chi connectivity index (χ1n) is 5.65. The summed E-state index contributed by atoms with van der Waals surface area (Å²) in [5.41, 5.74) is 10.6. The van der Waals surface area contributed by atoms with Gasteiger partial charge in [-0.05, 0) is 24.5 Å². The van der Waals surface area contributed by atoms with Crippen LogP contribution in [0.3, 0.4) is 0 Å². The van der Waals surface area contributed by atoms with Gasteiger partial charge in [-0.15, -0.1) is 0 Å². The molecule has 0 amide bonds. The predicted molar refractivity (Wildman–Crippen MR) is 64.9 cm³/mol. The van der Waals surface area contributed by atoms with Crippen LogP contribution in [0.4, 0.5) is 0 Å². The lowest BCUT2D eigenvalue weighted by Crippen LogP contribution is -2.07. The van der Waals surface area contributed by atoms with Gasteiger partial charge in [-0.25, -0.2) is 0 Å². The van der Waals surface area contributed by atoms with Crippen LogP contribution >= 0.6 is 0 Å². The molecule has 80 valence electrons. The van der Waals surface area contributed by atoms with Gasteiger partial charge in [0.1, 0.15) is 0 Å². The second-order valence-electron chi connectivity index (χ2n) is 4.25. The number of pyridine rings is 1. The molecule has 0 spiro atoms. The summed E-state index contributed by atoms with van der Waals surface area (Å²) in [5.74, 6) is 0. The second-order valence-corrected chi connectivity index (χ2v) is 4.25. The normalized spacial score (nSPS) is 18.4. The minimum absolute atomic E-state index is 0.124. The molecule has 3 rings (SSSR count). The van der Waals surface area contributed by atoms with Crippen molar-refractivity contribution in [2.45, 2.75) is 18.9 Å². The molecule has 1 aliphatic rings. The Kier molecular flexibility index (Phi) is 2.22. The molecule has 0 fully saturated rings. The minimum Gasteiger partial charge on any atom is -0.323 e. The van der Waals surface area contributed by atoms with Crippen LogP contribution in [0.2, 0.25) is 0 Å². The third-order valence-electron chi connectivity index (χ3n) is 3.16. The first-order chi connectivity index (χ1) is 7.84. The third kappa shape index (κ3) is 1.51. The Morgan fingerprint density at radius 3 is 2.69 bits per heavy atom. The van der Waals surface area contributed by atoms with Crippen LogP contribution in [0.1, 0.15) is 23.7 Å². The molecule has 1 atom stereocenters. The lowest BCUT2D eigenvalue weighted by atomic mass is 10.1. The van der Waals surface area contributed by atoms with Gasteiger partial charge in [0.25, 0.3) is 0 Å². The smallest absolute Gasteiger partial charge is 0.0706 e. The topological polar surface area (TPSA) is 38.9 Å². The highest BCUT2D eigenvalue weighted by Crippen LogP contribution is 2.29. The van der Waals surface area contributed by atoms with Crippen LogP contribution in [0.15, 0.2) is 42.5 Å². The standard InChI is InChI=1S/C14H14N2/c15-12-8-6-11-7-9-13(16-14(11)12)10-4-2-1-3-5-10/h1-5,7,9,12H,6,8,15H2. The van der Waals surface area contributed by atoms with Crippen LogP contribution in [0.25, 0.3) is 11.3 Å². The molecule has 1 heterocycles. The van der Waals surface area contributed by atoms with E-state index in [0.717, 1.165) is 29.8 Å². The average Bonchev–Trinajstić information content (AvgIpc) is 2.72. The molecule has 0 aliphatic heterocycles. The van der Waals surface area contributed by atoms with Gasteiger partial charge in [0.15, 0.2) is 0 Å². The van der Waals surface area contributed by atoms with Crippen LogP contribution in [0.5, 0.6) is 0 Å². The Bertz CT molecular complexity index is 505. The van der Waals surface area contributed by atoms with Crippen molar-refractivity contribution >= 4 is 0 Å².